The van der Waals surface area contributed by atoms with Crippen LogP contribution in [0.4, 0.5) is 5.69 Å². The number of imidazole rings is 1. The van der Waals surface area contributed by atoms with Gasteiger partial charge in [-0.3, -0.25) is 0 Å². The molecule has 0 spiro atoms. The van der Waals surface area contributed by atoms with Crippen molar-refractivity contribution >= 4 is 16.7 Å². The first-order valence-corrected chi connectivity index (χ1v) is 7.15. The summed E-state index contributed by atoms with van der Waals surface area (Å²) in [5.41, 5.74) is 5.00. The lowest BCUT2D eigenvalue weighted by Gasteiger charge is -2.17. The summed E-state index contributed by atoms with van der Waals surface area (Å²) in [5, 5.41) is 3.58. The molecular weight excluding hydrogens is 246 g/mol. The molecule has 1 N–H and O–H groups in total. The van der Waals surface area contributed by atoms with Gasteiger partial charge in [-0.2, -0.15) is 0 Å². The average Bonchev–Trinajstić information content (AvgIpc) is 2.81. The molecule has 4 rings (SSSR count). The second kappa shape index (κ2) is 4.67. The van der Waals surface area contributed by atoms with Crippen LogP contribution in [0, 0.1) is 0 Å². The van der Waals surface area contributed by atoms with E-state index in [1.54, 1.807) is 0 Å². The molecule has 1 aromatic heterocycles. The van der Waals surface area contributed by atoms with Gasteiger partial charge in [0, 0.05) is 12.2 Å². The number of benzene rings is 2. The van der Waals surface area contributed by atoms with Crippen LogP contribution in [-0.4, -0.2) is 16.1 Å². The molecule has 2 heterocycles. The molecule has 2 aromatic carbocycles. The van der Waals surface area contributed by atoms with Crippen molar-refractivity contribution in [1.82, 2.24) is 9.55 Å². The molecule has 100 valence electrons. The molecule has 3 aromatic rings. The second-order valence-electron chi connectivity index (χ2n) is 5.37. The number of aromatic nitrogens is 2. The SMILES string of the molecule is c1ccc2c(c1)CCC(n1cnc3ccccc31)CN2. The van der Waals surface area contributed by atoms with Crippen LogP contribution in [0.15, 0.2) is 54.9 Å². The van der Waals surface area contributed by atoms with Crippen molar-refractivity contribution in [3.63, 3.8) is 0 Å². The van der Waals surface area contributed by atoms with E-state index in [2.05, 4.69) is 57.3 Å². The normalized spacial score (nSPS) is 18.3. The number of rotatable bonds is 1. The largest absolute Gasteiger partial charge is 0.383 e. The standard InChI is InChI=1S/C17H17N3/c1-2-6-15-13(5-1)9-10-14(11-18-15)20-12-19-16-7-3-4-8-17(16)20/h1-8,12,14,18H,9-11H2. The molecule has 1 aliphatic heterocycles. The van der Waals surface area contributed by atoms with Crippen LogP contribution in [0.5, 0.6) is 0 Å². The third-order valence-electron chi connectivity index (χ3n) is 4.17. The minimum absolute atomic E-state index is 0.454. The maximum atomic E-state index is 4.51. The predicted molar refractivity (Wildman–Crippen MR) is 82.0 cm³/mol. The van der Waals surface area contributed by atoms with E-state index in [0.29, 0.717) is 6.04 Å². The third kappa shape index (κ3) is 1.86. The molecule has 1 unspecified atom stereocenters. The van der Waals surface area contributed by atoms with E-state index in [0.717, 1.165) is 24.9 Å². The quantitative estimate of drug-likeness (QED) is 0.726. The Kier molecular flexibility index (Phi) is 2.69. The lowest BCUT2D eigenvalue weighted by molar-refractivity contribution is 0.506. The van der Waals surface area contributed by atoms with Gasteiger partial charge in [-0.15, -0.1) is 0 Å². The molecule has 3 nitrogen and oxygen atoms in total. The average molecular weight is 263 g/mol. The van der Waals surface area contributed by atoms with Crippen LogP contribution in [0.1, 0.15) is 18.0 Å². The highest BCUT2D eigenvalue weighted by molar-refractivity contribution is 5.75. The van der Waals surface area contributed by atoms with Crippen LogP contribution in [-0.2, 0) is 6.42 Å². The summed E-state index contributed by atoms with van der Waals surface area (Å²) in [6.07, 6.45) is 4.23. The van der Waals surface area contributed by atoms with Gasteiger partial charge in [-0.1, -0.05) is 30.3 Å². The molecule has 0 fully saturated rings. The van der Waals surface area contributed by atoms with Gasteiger partial charge < -0.3 is 9.88 Å². The zero-order valence-electron chi connectivity index (χ0n) is 11.3. The molecule has 0 bridgehead atoms. The van der Waals surface area contributed by atoms with E-state index < -0.39 is 0 Å². The van der Waals surface area contributed by atoms with Gasteiger partial charge in [-0.05, 0) is 36.6 Å². The van der Waals surface area contributed by atoms with Crippen molar-refractivity contribution in [1.29, 1.82) is 0 Å². The van der Waals surface area contributed by atoms with Crippen molar-refractivity contribution in [2.75, 3.05) is 11.9 Å². The van der Waals surface area contributed by atoms with Crippen LogP contribution in [0.3, 0.4) is 0 Å². The van der Waals surface area contributed by atoms with Gasteiger partial charge in [0.25, 0.3) is 0 Å². The number of nitrogens with zero attached hydrogens (tertiary/aromatic N) is 2. The third-order valence-corrected chi connectivity index (χ3v) is 4.17. The molecule has 1 aliphatic rings. The number of para-hydroxylation sites is 3. The number of fused-ring (bicyclic) bond motifs is 2. The molecule has 1 atom stereocenters. The van der Waals surface area contributed by atoms with Crippen molar-refractivity contribution in [2.45, 2.75) is 18.9 Å². The van der Waals surface area contributed by atoms with E-state index in [1.165, 1.54) is 16.8 Å². The number of nitrogens with one attached hydrogen (secondary N) is 1. The highest BCUT2D eigenvalue weighted by atomic mass is 15.1. The van der Waals surface area contributed by atoms with Gasteiger partial charge in [-0.25, -0.2) is 4.98 Å². The second-order valence-corrected chi connectivity index (χ2v) is 5.37. The first kappa shape index (κ1) is 11.5. The fourth-order valence-corrected chi connectivity index (χ4v) is 3.07. The molecule has 20 heavy (non-hydrogen) atoms. The lowest BCUT2D eigenvalue weighted by atomic mass is 10.1. The molecule has 0 saturated carbocycles. The highest BCUT2D eigenvalue weighted by Gasteiger charge is 2.18. The molecule has 3 heteroatoms. The first-order valence-electron chi connectivity index (χ1n) is 7.15. The van der Waals surface area contributed by atoms with E-state index in [-0.39, 0.29) is 0 Å². The molecule has 0 radical (unpaired) electrons. The Labute approximate surface area is 118 Å². The minimum Gasteiger partial charge on any atom is -0.383 e. The highest BCUT2D eigenvalue weighted by Crippen LogP contribution is 2.27. The summed E-state index contributed by atoms with van der Waals surface area (Å²) < 4.78 is 2.31. The first-order chi connectivity index (χ1) is 9.92. The summed E-state index contributed by atoms with van der Waals surface area (Å²) in [7, 11) is 0. The molecular formula is C17H17N3. The lowest BCUT2D eigenvalue weighted by Crippen LogP contribution is -2.16. The molecule has 0 saturated heterocycles. The number of hydrogen-bond acceptors (Lipinski definition) is 2. The summed E-state index contributed by atoms with van der Waals surface area (Å²) in [6.45, 7) is 0.956. The Hall–Kier alpha value is -2.29. The molecule has 0 aliphatic carbocycles. The van der Waals surface area contributed by atoms with Crippen molar-refractivity contribution < 1.29 is 0 Å². The Morgan fingerprint density at radius 3 is 2.90 bits per heavy atom. The van der Waals surface area contributed by atoms with Crippen LogP contribution < -0.4 is 5.32 Å². The van der Waals surface area contributed by atoms with E-state index in [1.807, 2.05) is 12.4 Å². The fraction of sp³-hybridized carbons (Fsp3) is 0.235. The Morgan fingerprint density at radius 1 is 1.05 bits per heavy atom. The van der Waals surface area contributed by atoms with E-state index in [4.69, 9.17) is 0 Å². The van der Waals surface area contributed by atoms with Gasteiger partial charge >= 0.3 is 0 Å². The smallest absolute Gasteiger partial charge is 0.0961 e. The monoisotopic (exact) mass is 263 g/mol. The summed E-state index contributed by atoms with van der Waals surface area (Å²) in [6, 6.07) is 17.4. The topological polar surface area (TPSA) is 29.9 Å². The van der Waals surface area contributed by atoms with Crippen LogP contribution >= 0.6 is 0 Å². The van der Waals surface area contributed by atoms with Crippen LogP contribution in [0.25, 0.3) is 11.0 Å². The zero-order chi connectivity index (χ0) is 13.4. The number of anilines is 1. The van der Waals surface area contributed by atoms with Gasteiger partial charge in [0.1, 0.15) is 0 Å². The van der Waals surface area contributed by atoms with Gasteiger partial charge in [0.05, 0.1) is 23.4 Å². The minimum atomic E-state index is 0.454. The van der Waals surface area contributed by atoms with Crippen molar-refractivity contribution in [3.05, 3.63) is 60.4 Å². The Bertz CT molecular complexity index is 718. The van der Waals surface area contributed by atoms with E-state index >= 15 is 0 Å². The van der Waals surface area contributed by atoms with Crippen LogP contribution in [0.2, 0.25) is 0 Å². The van der Waals surface area contributed by atoms with Gasteiger partial charge in [0.2, 0.25) is 0 Å². The zero-order valence-corrected chi connectivity index (χ0v) is 11.3. The van der Waals surface area contributed by atoms with E-state index in [9.17, 15) is 0 Å². The van der Waals surface area contributed by atoms with Crippen molar-refractivity contribution in [3.8, 4) is 0 Å². The maximum Gasteiger partial charge on any atom is 0.0961 e. The maximum absolute atomic E-state index is 4.51. The summed E-state index contributed by atoms with van der Waals surface area (Å²) in [4.78, 5) is 4.51. The van der Waals surface area contributed by atoms with Gasteiger partial charge in [0.15, 0.2) is 0 Å². The predicted octanol–water partition coefficient (Wildman–Crippen LogP) is 3.64. The Balaban J connectivity index is 1.68. The number of aryl methyl sites for hydroxylation is 1. The fourth-order valence-electron chi connectivity index (χ4n) is 3.07. The Morgan fingerprint density at radius 2 is 1.90 bits per heavy atom. The summed E-state index contributed by atoms with van der Waals surface area (Å²) >= 11 is 0. The number of hydrogen-bond donors (Lipinski definition) is 1. The van der Waals surface area contributed by atoms with Crippen molar-refractivity contribution in [2.24, 2.45) is 0 Å². The molecule has 0 amide bonds. The summed E-state index contributed by atoms with van der Waals surface area (Å²) in [5.74, 6) is 0.